The maximum absolute atomic E-state index is 13.5. The van der Waals surface area contributed by atoms with Gasteiger partial charge in [-0.1, -0.05) is 18.2 Å². The minimum atomic E-state index is -1.17. The fraction of sp³-hybridized carbons (Fsp3) is 0.500. The van der Waals surface area contributed by atoms with Crippen LogP contribution in [0.4, 0.5) is 4.39 Å². The molecule has 1 N–H and O–H groups in total. The lowest BCUT2D eigenvalue weighted by Gasteiger charge is -2.23. The molecule has 2 rings (SSSR count). The Hall–Kier alpha value is -2.11. The normalized spacial score (nSPS) is 21.0. The van der Waals surface area contributed by atoms with Gasteiger partial charge in [-0.3, -0.25) is 9.59 Å². The lowest BCUT2D eigenvalue weighted by Crippen LogP contribution is -2.40. The van der Waals surface area contributed by atoms with E-state index in [2.05, 4.69) is 0 Å². The van der Waals surface area contributed by atoms with Gasteiger partial charge in [-0.25, -0.2) is 4.39 Å². The van der Waals surface area contributed by atoms with E-state index in [9.17, 15) is 14.0 Å². The van der Waals surface area contributed by atoms with Gasteiger partial charge in [0.25, 0.3) is 5.91 Å². The Balaban J connectivity index is 2.00. The molecule has 1 heterocycles. The summed E-state index contributed by atoms with van der Waals surface area (Å²) in [7, 11) is 0. The number of carboxylic acid groups (broad SMARTS) is 1. The lowest BCUT2D eigenvalue weighted by atomic mass is 10.1. The van der Waals surface area contributed by atoms with Crippen molar-refractivity contribution in [1.29, 1.82) is 0 Å². The van der Waals surface area contributed by atoms with Gasteiger partial charge >= 0.3 is 5.97 Å². The SMILES string of the molecule is Cc1cccc(C)c1OCC(=O)N1C[C@H](F)C[C@H]1CC(=O)O. The largest absolute Gasteiger partial charge is 0.483 e. The maximum atomic E-state index is 13.5. The molecular formula is C16H20FNO4. The number of hydrogen-bond acceptors (Lipinski definition) is 3. The molecule has 0 saturated carbocycles. The molecule has 0 unspecified atom stereocenters. The second-order valence-corrected chi connectivity index (χ2v) is 5.64. The third-order valence-electron chi connectivity index (χ3n) is 3.84. The van der Waals surface area contributed by atoms with Crippen molar-refractivity contribution in [3.8, 4) is 5.75 Å². The molecule has 1 saturated heterocycles. The van der Waals surface area contributed by atoms with Crippen LogP contribution in [-0.4, -0.2) is 47.2 Å². The van der Waals surface area contributed by atoms with Gasteiger partial charge in [-0.05, 0) is 25.0 Å². The maximum Gasteiger partial charge on any atom is 0.305 e. The standard InChI is InChI=1S/C16H20FNO4/c1-10-4-3-5-11(2)16(10)22-9-14(19)18-8-12(17)6-13(18)7-15(20)21/h3-5,12-13H,6-9H2,1-2H3,(H,20,21)/t12-,13+/m1/s1. The monoisotopic (exact) mass is 309 g/mol. The number of alkyl halides is 1. The number of hydrogen-bond donors (Lipinski definition) is 1. The van der Waals surface area contributed by atoms with Gasteiger partial charge in [0.1, 0.15) is 11.9 Å². The Morgan fingerprint density at radius 3 is 2.59 bits per heavy atom. The van der Waals surface area contributed by atoms with Crippen molar-refractivity contribution < 1.29 is 23.8 Å². The number of benzene rings is 1. The minimum absolute atomic E-state index is 0.0626. The van der Waals surface area contributed by atoms with Crippen LogP contribution in [0.1, 0.15) is 24.0 Å². The van der Waals surface area contributed by atoms with Gasteiger partial charge in [0.2, 0.25) is 0 Å². The fourth-order valence-electron chi connectivity index (χ4n) is 2.80. The number of carbonyl (C=O) groups is 2. The van der Waals surface area contributed by atoms with E-state index in [1.54, 1.807) is 0 Å². The Kier molecular flexibility index (Phi) is 5.00. The first kappa shape index (κ1) is 16.3. The molecule has 0 aromatic heterocycles. The number of carboxylic acids is 1. The van der Waals surface area contributed by atoms with E-state index in [1.165, 1.54) is 4.90 Å². The third-order valence-corrected chi connectivity index (χ3v) is 3.84. The van der Waals surface area contributed by atoms with Crippen molar-refractivity contribution in [3.63, 3.8) is 0 Å². The molecule has 1 fully saturated rings. The number of likely N-dealkylation sites (tertiary alicyclic amines) is 1. The number of amides is 1. The van der Waals surface area contributed by atoms with E-state index in [0.29, 0.717) is 5.75 Å². The molecule has 1 aromatic carbocycles. The van der Waals surface area contributed by atoms with E-state index >= 15 is 0 Å². The molecule has 1 aliphatic rings. The molecule has 0 aliphatic carbocycles. The molecule has 1 amide bonds. The number of nitrogens with zero attached hydrogens (tertiary/aromatic N) is 1. The molecule has 0 radical (unpaired) electrons. The second-order valence-electron chi connectivity index (χ2n) is 5.64. The summed E-state index contributed by atoms with van der Waals surface area (Å²) in [4.78, 5) is 24.3. The van der Waals surface area contributed by atoms with E-state index in [4.69, 9.17) is 9.84 Å². The highest BCUT2D eigenvalue weighted by molar-refractivity contribution is 5.79. The van der Waals surface area contributed by atoms with E-state index in [1.807, 2.05) is 32.0 Å². The summed E-state index contributed by atoms with van der Waals surface area (Å²) in [6.07, 6.45) is -1.34. The predicted molar refractivity (Wildman–Crippen MR) is 78.7 cm³/mol. The Morgan fingerprint density at radius 2 is 2.00 bits per heavy atom. The third kappa shape index (κ3) is 3.75. The van der Waals surface area contributed by atoms with Crippen molar-refractivity contribution in [1.82, 2.24) is 4.90 Å². The molecule has 0 bridgehead atoms. The second kappa shape index (κ2) is 6.77. The van der Waals surface area contributed by atoms with Crippen molar-refractivity contribution >= 4 is 11.9 Å². The van der Waals surface area contributed by atoms with Crippen LogP contribution in [0.5, 0.6) is 5.75 Å². The molecule has 0 spiro atoms. The molecule has 1 aliphatic heterocycles. The topological polar surface area (TPSA) is 66.8 Å². The zero-order valence-corrected chi connectivity index (χ0v) is 12.7. The van der Waals surface area contributed by atoms with Crippen LogP contribution < -0.4 is 4.74 Å². The average molecular weight is 309 g/mol. The number of rotatable bonds is 5. The summed E-state index contributed by atoms with van der Waals surface area (Å²) in [5.74, 6) is -0.775. The molecule has 5 nitrogen and oxygen atoms in total. The van der Waals surface area contributed by atoms with Crippen LogP contribution in [0.2, 0.25) is 0 Å². The Labute approximate surface area is 128 Å². The van der Waals surface area contributed by atoms with Gasteiger partial charge in [0.05, 0.1) is 13.0 Å². The number of ether oxygens (including phenoxy) is 1. The zero-order valence-electron chi connectivity index (χ0n) is 12.7. The number of aliphatic carboxylic acids is 1. The first-order valence-electron chi connectivity index (χ1n) is 7.23. The number of para-hydroxylation sites is 1. The molecule has 22 heavy (non-hydrogen) atoms. The summed E-state index contributed by atoms with van der Waals surface area (Å²) in [5, 5.41) is 8.85. The molecule has 120 valence electrons. The summed E-state index contributed by atoms with van der Waals surface area (Å²) in [6, 6.07) is 5.07. The van der Waals surface area contributed by atoms with E-state index in [-0.39, 0.29) is 31.9 Å². The van der Waals surface area contributed by atoms with Crippen LogP contribution in [0.15, 0.2) is 18.2 Å². The van der Waals surface area contributed by atoms with E-state index in [0.717, 1.165) is 11.1 Å². The summed E-state index contributed by atoms with van der Waals surface area (Å²) in [6.45, 7) is 3.49. The van der Waals surface area contributed by atoms with Gasteiger partial charge in [0, 0.05) is 12.5 Å². The van der Waals surface area contributed by atoms with Crippen molar-refractivity contribution in [2.24, 2.45) is 0 Å². The molecular weight excluding hydrogens is 289 g/mol. The quantitative estimate of drug-likeness (QED) is 0.904. The van der Waals surface area contributed by atoms with Gasteiger partial charge < -0.3 is 14.7 Å². The number of halogens is 1. The van der Waals surface area contributed by atoms with Gasteiger partial charge in [-0.2, -0.15) is 0 Å². The van der Waals surface area contributed by atoms with Crippen LogP contribution in [0.25, 0.3) is 0 Å². The number of carbonyl (C=O) groups excluding carboxylic acids is 1. The van der Waals surface area contributed by atoms with Crippen LogP contribution in [0.3, 0.4) is 0 Å². The highest BCUT2D eigenvalue weighted by atomic mass is 19.1. The average Bonchev–Trinajstić information content (AvgIpc) is 2.78. The summed E-state index contributed by atoms with van der Waals surface area (Å²) < 4.78 is 19.1. The van der Waals surface area contributed by atoms with E-state index < -0.39 is 18.2 Å². The van der Waals surface area contributed by atoms with Crippen molar-refractivity contribution in [2.75, 3.05) is 13.2 Å². The Morgan fingerprint density at radius 1 is 1.36 bits per heavy atom. The number of aryl methyl sites for hydroxylation is 2. The molecule has 1 aromatic rings. The highest BCUT2D eigenvalue weighted by Gasteiger charge is 2.36. The first-order valence-corrected chi connectivity index (χ1v) is 7.23. The van der Waals surface area contributed by atoms with Gasteiger partial charge in [-0.15, -0.1) is 0 Å². The van der Waals surface area contributed by atoms with Crippen molar-refractivity contribution in [3.05, 3.63) is 29.3 Å². The van der Waals surface area contributed by atoms with Gasteiger partial charge in [0.15, 0.2) is 6.61 Å². The lowest BCUT2D eigenvalue weighted by molar-refractivity contribution is -0.140. The summed E-state index contributed by atoms with van der Waals surface area (Å²) in [5.41, 5.74) is 1.83. The van der Waals surface area contributed by atoms with Crippen LogP contribution in [0, 0.1) is 13.8 Å². The summed E-state index contributed by atoms with van der Waals surface area (Å²) >= 11 is 0. The predicted octanol–water partition coefficient (Wildman–Crippen LogP) is 2.10. The van der Waals surface area contributed by atoms with Crippen LogP contribution >= 0.6 is 0 Å². The molecule has 2 atom stereocenters. The Bertz CT molecular complexity index is 555. The first-order chi connectivity index (χ1) is 10.4. The zero-order chi connectivity index (χ0) is 16.3. The fourth-order valence-corrected chi connectivity index (χ4v) is 2.80. The smallest absolute Gasteiger partial charge is 0.305 e. The highest BCUT2D eigenvalue weighted by Crippen LogP contribution is 2.25. The van der Waals surface area contributed by atoms with Crippen molar-refractivity contribution in [2.45, 2.75) is 38.9 Å². The molecule has 6 heteroatoms. The van der Waals surface area contributed by atoms with Crippen LogP contribution in [-0.2, 0) is 9.59 Å². The minimum Gasteiger partial charge on any atom is -0.483 e.